The Bertz CT molecular complexity index is 1240. The van der Waals surface area contributed by atoms with Crippen LogP contribution in [-0.4, -0.2) is 36.6 Å². The second-order valence-corrected chi connectivity index (χ2v) is 7.22. The predicted octanol–water partition coefficient (Wildman–Crippen LogP) is 3.87. The maximum atomic E-state index is 12.8. The molecule has 2 aromatic heterocycles. The first-order valence-corrected chi connectivity index (χ1v) is 10.3. The maximum Gasteiger partial charge on any atom is 0.251 e. The average molecular weight is 447 g/mol. The van der Waals surface area contributed by atoms with Gasteiger partial charge in [0.1, 0.15) is 23.8 Å². The lowest BCUT2D eigenvalue weighted by molar-refractivity contribution is 0.0950. The van der Waals surface area contributed by atoms with Gasteiger partial charge in [-0.3, -0.25) is 4.79 Å². The molecule has 0 saturated heterocycles. The molecule has 0 radical (unpaired) electrons. The molecule has 8 nitrogen and oxygen atoms in total. The number of benzene rings is 2. The van der Waals surface area contributed by atoms with Crippen LogP contribution in [0.2, 0.25) is 0 Å². The summed E-state index contributed by atoms with van der Waals surface area (Å²) >= 11 is 0. The zero-order valence-corrected chi connectivity index (χ0v) is 18.7. The summed E-state index contributed by atoms with van der Waals surface area (Å²) in [6.07, 6.45) is 3.85. The number of fused-ring (bicyclic) bond motifs is 1. The van der Waals surface area contributed by atoms with E-state index in [0.717, 1.165) is 16.9 Å². The highest BCUT2D eigenvalue weighted by atomic mass is 16.5. The van der Waals surface area contributed by atoms with E-state index in [-0.39, 0.29) is 12.5 Å². The normalized spacial score (nSPS) is 10.6. The number of imidazole rings is 1. The fourth-order valence-electron chi connectivity index (χ4n) is 3.45. The molecule has 0 aliphatic rings. The zero-order chi connectivity index (χ0) is 23.2. The molecule has 4 aromatic rings. The van der Waals surface area contributed by atoms with E-state index in [0.29, 0.717) is 35.2 Å². The predicted molar refractivity (Wildman–Crippen MR) is 123 cm³/mol. The Morgan fingerprint density at radius 1 is 0.939 bits per heavy atom. The van der Waals surface area contributed by atoms with Gasteiger partial charge in [-0.1, -0.05) is 12.1 Å². The Labute approximate surface area is 191 Å². The molecule has 1 amide bonds. The second kappa shape index (κ2) is 9.95. The van der Waals surface area contributed by atoms with Gasteiger partial charge in [0, 0.05) is 36.1 Å². The number of hydrogen-bond acceptors (Lipinski definition) is 6. The molecule has 2 heterocycles. The average Bonchev–Trinajstić information content (AvgIpc) is 3.28. The molecule has 170 valence electrons. The Hall–Kier alpha value is -4.20. The fraction of sp³-hybridized carbons (Fsp3) is 0.200. The Balaban J connectivity index is 1.41. The minimum atomic E-state index is -0.231. The molecule has 0 saturated carbocycles. The minimum Gasteiger partial charge on any atom is -0.496 e. The third kappa shape index (κ3) is 5.01. The number of ether oxygens (including phenoxy) is 4. The van der Waals surface area contributed by atoms with Gasteiger partial charge >= 0.3 is 0 Å². The zero-order valence-electron chi connectivity index (χ0n) is 18.7. The lowest BCUT2D eigenvalue weighted by atomic mass is 10.1. The van der Waals surface area contributed by atoms with E-state index < -0.39 is 0 Å². The lowest BCUT2D eigenvalue weighted by Crippen LogP contribution is -2.23. The number of rotatable bonds is 9. The summed E-state index contributed by atoms with van der Waals surface area (Å²) in [5.74, 6) is 2.07. The van der Waals surface area contributed by atoms with E-state index in [1.165, 1.54) is 0 Å². The molecule has 0 bridgehead atoms. The summed E-state index contributed by atoms with van der Waals surface area (Å²) in [5, 5.41) is 2.91. The minimum absolute atomic E-state index is 0.231. The molecule has 2 aromatic carbocycles. The molecule has 4 rings (SSSR count). The van der Waals surface area contributed by atoms with Gasteiger partial charge in [0.2, 0.25) is 0 Å². The molecule has 0 unspecified atom stereocenters. The first kappa shape index (κ1) is 22.0. The number of methoxy groups -OCH3 is 3. The van der Waals surface area contributed by atoms with Gasteiger partial charge in [-0.25, -0.2) is 4.98 Å². The monoisotopic (exact) mass is 447 g/mol. The second-order valence-electron chi connectivity index (χ2n) is 7.22. The summed E-state index contributed by atoms with van der Waals surface area (Å²) in [6, 6.07) is 16.4. The van der Waals surface area contributed by atoms with Gasteiger partial charge in [-0.15, -0.1) is 0 Å². The highest BCUT2D eigenvalue weighted by Gasteiger charge is 2.14. The van der Waals surface area contributed by atoms with E-state index >= 15 is 0 Å². The van der Waals surface area contributed by atoms with Gasteiger partial charge < -0.3 is 28.7 Å². The van der Waals surface area contributed by atoms with Crippen LogP contribution in [-0.2, 0) is 13.2 Å². The van der Waals surface area contributed by atoms with Crippen LogP contribution in [0.5, 0.6) is 23.0 Å². The van der Waals surface area contributed by atoms with Crippen LogP contribution in [0.4, 0.5) is 0 Å². The van der Waals surface area contributed by atoms with Crippen molar-refractivity contribution in [2.75, 3.05) is 21.3 Å². The molecule has 0 aliphatic carbocycles. The van der Waals surface area contributed by atoms with Crippen molar-refractivity contribution in [3.05, 3.63) is 83.8 Å². The summed E-state index contributed by atoms with van der Waals surface area (Å²) in [5.41, 5.74) is 2.91. The number of hydrogen-bond donors (Lipinski definition) is 1. The Kier molecular flexibility index (Phi) is 6.64. The van der Waals surface area contributed by atoms with E-state index in [9.17, 15) is 4.79 Å². The summed E-state index contributed by atoms with van der Waals surface area (Å²) in [6.45, 7) is 0.560. The van der Waals surface area contributed by atoms with E-state index in [1.54, 1.807) is 51.7 Å². The molecule has 8 heteroatoms. The molecule has 0 fully saturated rings. The summed E-state index contributed by atoms with van der Waals surface area (Å²) in [4.78, 5) is 17.3. The van der Waals surface area contributed by atoms with Crippen LogP contribution >= 0.6 is 0 Å². The first-order valence-electron chi connectivity index (χ1n) is 10.3. The number of carbonyl (C=O) groups excluding carboxylic acids is 1. The quantitative estimate of drug-likeness (QED) is 0.419. The van der Waals surface area contributed by atoms with E-state index in [4.69, 9.17) is 18.9 Å². The van der Waals surface area contributed by atoms with Gasteiger partial charge in [-0.05, 0) is 36.4 Å². The largest absolute Gasteiger partial charge is 0.496 e. The van der Waals surface area contributed by atoms with E-state index in [2.05, 4.69) is 10.3 Å². The highest BCUT2D eigenvalue weighted by molar-refractivity contribution is 5.94. The SMILES string of the molecule is COc1cc(OC)c(OC)cc1CNC(=O)c1cccc(OCc2cn3ccccc3n2)c1. The lowest BCUT2D eigenvalue weighted by Gasteiger charge is -2.14. The molecule has 0 atom stereocenters. The molecule has 0 spiro atoms. The van der Waals surface area contributed by atoms with Crippen molar-refractivity contribution in [1.82, 2.24) is 14.7 Å². The molecule has 0 aliphatic heterocycles. The number of carbonyl (C=O) groups is 1. The number of nitrogens with one attached hydrogen (secondary N) is 1. The molecular weight excluding hydrogens is 422 g/mol. The fourth-order valence-corrected chi connectivity index (χ4v) is 3.45. The van der Waals surface area contributed by atoms with Crippen molar-refractivity contribution in [2.45, 2.75) is 13.2 Å². The van der Waals surface area contributed by atoms with Crippen LogP contribution in [0.3, 0.4) is 0 Å². The van der Waals surface area contributed by atoms with Crippen LogP contribution in [0.15, 0.2) is 67.0 Å². The van der Waals surface area contributed by atoms with Crippen molar-refractivity contribution in [2.24, 2.45) is 0 Å². The first-order chi connectivity index (χ1) is 16.1. The molecular formula is C25H25N3O5. The van der Waals surface area contributed by atoms with Gasteiger partial charge in [-0.2, -0.15) is 0 Å². The number of pyridine rings is 1. The van der Waals surface area contributed by atoms with Crippen molar-refractivity contribution in [3.63, 3.8) is 0 Å². The Morgan fingerprint density at radius 2 is 1.73 bits per heavy atom. The topological polar surface area (TPSA) is 83.3 Å². The summed E-state index contributed by atoms with van der Waals surface area (Å²) in [7, 11) is 4.68. The van der Waals surface area contributed by atoms with Crippen molar-refractivity contribution >= 4 is 11.6 Å². The summed E-state index contributed by atoms with van der Waals surface area (Å²) < 4.78 is 23.9. The van der Waals surface area contributed by atoms with Gasteiger partial charge in [0.15, 0.2) is 11.5 Å². The van der Waals surface area contributed by atoms with Crippen molar-refractivity contribution < 1.29 is 23.7 Å². The van der Waals surface area contributed by atoms with Crippen LogP contribution in [0, 0.1) is 0 Å². The smallest absolute Gasteiger partial charge is 0.251 e. The third-order valence-electron chi connectivity index (χ3n) is 5.12. The Morgan fingerprint density at radius 3 is 2.48 bits per heavy atom. The van der Waals surface area contributed by atoms with Crippen molar-refractivity contribution in [3.8, 4) is 23.0 Å². The van der Waals surface area contributed by atoms with Crippen molar-refractivity contribution in [1.29, 1.82) is 0 Å². The third-order valence-corrected chi connectivity index (χ3v) is 5.12. The number of amides is 1. The maximum absolute atomic E-state index is 12.8. The van der Waals surface area contributed by atoms with Gasteiger partial charge in [0.05, 0.1) is 27.0 Å². The number of aromatic nitrogens is 2. The van der Waals surface area contributed by atoms with Gasteiger partial charge in [0.25, 0.3) is 5.91 Å². The molecule has 1 N–H and O–H groups in total. The molecule has 33 heavy (non-hydrogen) atoms. The van der Waals surface area contributed by atoms with Crippen LogP contribution in [0.1, 0.15) is 21.6 Å². The van der Waals surface area contributed by atoms with E-state index in [1.807, 2.05) is 41.1 Å². The number of nitrogens with zero attached hydrogens (tertiary/aromatic N) is 2. The standard InChI is InChI=1S/C25H25N3O5/c1-30-21-13-23(32-3)22(31-2)12-18(21)14-26-25(29)17-7-6-8-20(11-17)33-16-19-15-28-10-5-4-9-24(28)27-19/h4-13,15H,14,16H2,1-3H3,(H,26,29). The highest BCUT2D eigenvalue weighted by Crippen LogP contribution is 2.34. The van der Waals surface area contributed by atoms with Crippen LogP contribution < -0.4 is 24.3 Å². The van der Waals surface area contributed by atoms with Crippen LogP contribution in [0.25, 0.3) is 5.65 Å².